The smallest absolute Gasteiger partial charge is 0.303 e. The van der Waals surface area contributed by atoms with Gasteiger partial charge in [0.05, 0.1) is 45.2 Å². The van der Waals surface area contributed by atoms with E-state index in [9.17, 15) is 24.6 Å². The van der Waals surface area contributed by atoms with Gasteiger partial charge in [-0.25, -0.2) is 4.98 Å². The highest BCUT2D eigenvalue weighted by Gasteiger charge is 2.47. The number of amides is 2. The predicted octanol–water partition coefficient (Wildman–Crippen LogP) is -2.04. The van der Waals surface area contributed by atoms with Crippen molar-refractivity contribution in [3.8, 4) is 0 Å². The summed E-state index contributed by atoms with van der Waals surface area (Å²) in [5.74, 6) is -1.07. The number of aromatic nitrogens is 1. The van der Waals surface area contributed by atoms with Crippen LogP contribution in [-0.2, 0) is 33.3 Å². The molecule has 0 spiro atoms. The Morgan fingerprint density at radius 2 is 1.81 bits per heavy atom. The third-order valence-electron chi connectivity index (χ3n) is 4.99. The Labute approximate surface area is 208 Å². The van der Waals surface area contributed by atoms with Crippen LogP contribution in [0.2, 0.25) is 0 Å². The van der Waals surface area contributed by atoms with Crippen molar-refractivity contribution in [3.05, 3.63) is 23.9 Å². The minimum Gasteiger partial charge on any atom is -0.457 e. The highest BCUT2D eigenvalue weighted by Crippen LogP contribution is 2.24. The standard InChI is InChI=1S/C22H34N4O10/c1-13(28)26-18-19(30)20(35-14(2)29)16(12-27)36-22(18)34-10-9-33-8-7-32-6-5-24-21(31)15-3-4-17(23)25-11-15/h3-4,11,16,18-20,22,27,30H,5-10,12H2,1-2H3,(H2,23,25)(H,24,31)(H,26,28)/t16?,18?,19?,20-,22+/m0/s1. The van der Waals surface area contributed by atoms with Crippen molar-refractivity contribution < 1.29 is 48.3 Å². The highest BCUT2D eigenvalue weighted by molar-refractivity contribution is 5.93. The van der Waals surface area contributed by atoms with E-state index in [1.165, 1.54) is 13.1 Å². The van der Waals surface area contributed by atoms with Crippen molar-refractivity contribution in [2.75, 3.05) is 51.9 Å². The fourth-order valence-corrected chi connectivity index (χ4v) is 3.36. The Kier molecular flexibility index (Phi) is 12.5. The zero-order valence-electron chi connectivity index (χ0n) is 20.3. The molecule has 1 aliphatic rings. The van der Waals surface area contributed by atoms with Crippen molar-refractivity contribution in [1.82, 2.24) is 15.6 Å². The van der Waals surface area contributed by atoms with Crippen molar-refractivity contribution in [3.63, 3.8) is 0 Å². The molecule has 36 heavy (non-hydrogen) atoms. The van der Waals surface area contributed by atoms with Crippen molar-refractivity contribution >= 4 is 23.6 Å². The van der Waals surface area contributed by atoms with Crippen molar-refractivity contribution in [2.45, 2.75) is 44.5 Å². The number of carbonyl (C=O) groups excluding carboxylic acids is 3. The number of aliphatic hydroxyl groups excluding tert-OH is 2. The number of ether oxygens (including phenoxy) is 5. The van der Waals surface area contributed by atoms with E-state index in [2.05, 4.69) is 15.6 Å². The van der Waals surface area contributed by atoms with Crippen LogP contribution in [0.5, 0.6) is 0 Å². The molecule has 6 N–H and O–H groups in total. The third-order valence-corrected chi connectivity index (χ3v) is 4.99. The number of rotatable bonds is 14. The number of carbonyl (C=O) groups is 3. The molecule has 14 nitrogen and oxygen atoms in total. The average molecular weight is 515 g/mol. The van der Waals surface area contributed by atoms with Gasteiger partial charge in [0.1, 0.15) is 24.1 Å². The molecule has 0 bridgehead atoms. The van der Waals surface area contributed by atoms with Crippen LogP contribution in [0, 0.1) is 0 Å². The predicted molar refractivity (Wildman–Crippen MR) is 123 cm³/mol. The third kappa shape index (κ3) is 9.64. The number of aliphatic hydroxyl groups is 2. The van der Waals surface area contributed by atoms with E-state index >= 15 is 0 Å². The molecule has 1 aliphatic heterocycles. The summed E-state index contributed by atoms with van der Waals surface area (Å²) in [6, 6.07) is 2.09. The molecule has 1 aromatic heterocycles. The highest BCUT2D eigenvalue weighted by atomic mass is 16.7. The van der Waals surface area contributed by atoms with Gasteiger partial charge in [-0.1, -0.05) is 0 Å². The summed E-state index contributed by atoms with van der Waals surface area (Å²) in [5, 5.41) is 25.4. The van der Waals surface area contributed by atoms with Gasteiger partial charge >= 0.3 is 5.97 Å². The second kappa shape index (κ2) is 15.3. The summed E-state index contributed by atoms with van der Waals surface area (Å²) in [6.07, 6.45) is -3.29. The second-order valence-electron chi connectivity index (χ2n) is 7.84. The first-order valence-electron chi connectivity index (χ1n) is 11.4. The molecular formula is C22H34N4O10. The minimum absolute atomic E-state index is 0.0511. The van der Waals surface area contributed by atoms with Gasteiger partial charge in [-0.2, -0.15) is 0 Å². The molecular weight excluding hydrogens is 480 g/mol. The summed E-state index contributed by atoms with van der Waals surface area (Å²) in [5.41, 5.74) is 5.88. The van der Waals surface area contributed by atoms with Gasteiger partial charge in [0.2, 0.25) is 5.91 Å². The number of anilines is 1. The van der Waals surface area contributed by atoms with Crippen LogP contribution in [0.3, 0.4) is 0 Å². The molecule has 202 valence electrons. The topological polar surface area (TPSA) is 201 Å². The van der Waals surface area contributed by atoms with Gasteiger partial charge in [-0.15, -0.1) is 0 Å². The molecule has 0 aliphatic carbocycles. The van der Waals surface area contributed by atoms with Crippen LogP contribution in [0.15, 0.2) is 18.3 Å². The van der Waals surface area contributed by atoms with E-state index in [0.29, 0.717) is 17.9 Å². The van der Waals surface area contributed by atoms with Gasteiger partial charge in [0, 0.05) is 26.6 Å². The van der Waals surface area contributed by atoms with Crippen molar-refractivity contribution in [2.24, 2.45) is 0 Å². The maximum atomic E-state index is 11.9. The fraction of sp³-hybridized carbons (Fsp3) is 0.636. The Hall–Kier alpha value is -2.88. The molecule has 1 aromatic rings. The Bertz CT molecular complexity index is 841. The summed E-state index contributed by atoms with van der Waals surface area (Å²) >= 11 is 0. The van der Waals surface area contributed by atoms with Crippen LogP contribution >= 0.6 is 0 Å². The van der Waals surface area contributed by atoms with Crippen LogP contribution in [0.25, 0.3) is 0 Å². The largest absolute Gasteiger partial charge is 0.457 e. The van der Waals surface area contributed by atoms with Gasteiger partial charge in [0.25, 0.3) is 5.91 Å². The van der Waals surface area contributed by atoms with Gasteiger partial charge < -0.3 is 50.3 Å². The summed E-state index contributed by atoms with van der Waals surface area (Å²) in [4.78, 5) is 38.7. The lowest BCUT2D eigenvalue weighted by Gasteiger charge is -2.43. The molecule has 1 fully saturated rings. The molecule has 0 radical (unpaired) electrons. The van der Waals surface area contributed by atoms with Crippen LogP contribution < -0.4 is 16.4 Å². The number of hydrogen-bond donors (Lipinski definition) is 5. The Balaban J connectivity index is 1.64. The average Bonchev–Trinajstić information content (AvgIpc) is 2.83. The molecule has 0 saturated carbocycles. The maximum absolute atomic E-state index is 11.9. The maximum Gasteiger partial charge on any atom is 0.303 e. The van der Waals surface area contributed by atoms with Gasteiger partial charge in [-0.3, -0.25) is 14.4 Å². The minimum atomic E-state index is -1.36. The monoisotopic (exact) mass is 514 g/mol. The molecule has 5 atom stereocenters. The molecule has 1 saturated heterocycles. The number of nitrogens with one attached hydrogen (secondary N) is 2. The summed E-state index contributed by atoms with van der Waals surface area (Å²) in [6.45, 7) is 3.22. The number of nitrogens with zero attached hydrogens (tertiary/aromatic N) is 1. The molecule has 3 unspecified atom stereocenters. The normalized spacial score (nSPS) is 23.6. The Morgan fingerprint density at radius 1 is 1.11 bits per heavy atom. The quantitative estimate of drug-likeness (QED) is 0.135. The second-order valence-corrected chi connectivity index (χ2v) is 7.84. The van der Waals surface area contributed by atoms with E-state index in [1.807, 2.05) is 0 Å². The van der Waals surface area contributed by atoms with Gasteiger partial charge in [-0.05, 0) is 12.1 Å². The number of hydrogen-bond acceptors (Lipinski definition) is 12. The fourth-order valence-electron chi connectivity index (χ4n) is 3.36. The lowest BCUT2D eigenvalue weighted by atomic mass is 9.96. The van der Waals surface area contributed by atoms with Crippen LogP contribution in [0.4, 0.5) is 5.82 Å². The molecule has 0 aromatic carbocycles. The number of pyridine rings is 1. The Morgan fingerprint density at radius 3 is 2.42 bits per heavy atom. The zero-order valence-corrected chi connectivity index (χ0v) is 20.3. The number of nitrogen functional groups attached to an aromatic ring is 1. The zero-order chi connectivity index (χ0) is 26.5. The van der Waals surface area contributed by atoms with Gasteiger partial charge in [0.15, 0.2) is 12.4 Å². The van der Waals surface area contributed by atoms with Crippen molar-refractivity contribution in [1.29, 1.82) is 0 Å². The van der Waals surface area contributed by atoms with E-state index in [4.69, 9.17) is 29.4 Å². The summed E-state index contributed by atoms with van der Waals surface area (Å²) in [7, 11) is 0. The molecule has 14 heteroatoms. The molecule has 2 amide bonds. The van der Waals surface area contributed by atoms with E-state index in [0.717, 1.165) is 6.92 Å². The summed E-state index contributed by atoms with van der Waals surface area (Å²) < 4.78 is 27.1. The van der Waals surface area contributed by atoms with E-state index < -0.39 is 49.1 Å². The molecule has 2 rings (SSSR count). The van der Waals surface area contributed by atoms with Crippen LogP contribution in [0.1, 0.15) is 24.2 Å². The number of nitrogens with two attached hydrogens (primary N) is 1. The number of esters is 1. The lowest BCUT2D eigenvalue weighted by molar-refractivity contribution is -0.275. The SMILES string of the molecule is CC(=O)NC1C(O)[C@@H](OC(C)=O)C(CO)O[C@H]1OCCOCCOCCNC(=O)c1ccc(N)nc1. The van der Waals surface area contributed by atoms with E-state index in [-0.39, 0.29) is 38.9 Å². The van der Waals surface area contributed by atoms with Crippen LogP contribution in [-0.4, -0.2) is 110 Å². The lowest BCUT2D eigenvalue weighted by Crippen LogP contribution is -2.65. The first-order valence-corrected chi connectivity index (χ1v) is 11.4. The van der Waals surface area contributed by atoms with E-state index in [1.54, 1.807) is 12.1 Å². The first-order chi connectivity index (χ1) is 17.2. The first kappa shape index (κ1) is 29.4. The molecule has 2 heterocycles.